The fourth-order valence-electron chi connectivity index (χ4n) is 2.91. The highest BCUT2D eigenvalue weighted by Gasteiger charge is 2.22. The maximum Gasteiger partial charge on any atom is 0.138 e. The normalized spacial score (nSPS) is 15.5. The number of hydrogen-bond donors (Lipinski definition) is 1. The van der Waals surface area contributed by atoms with Gasteiger partial charge in [-0.3, -0.25) is 4.79 Å². The van der Waals surface area contributed by atoms with Crippen LogP contribution in [0.1, 0.15) is 44.7 Å². The molecule has 0 saturated heterocycles. The van der Waals surface area contributed by atoms with E-state index in [4.69, 9.17) is 10.5 Å². The van der Waals surface area contributed by atoms with Crippen LogP contribution >= 0.6 is 15.9 Å². The van der Waals surface area contributed by atoms with Crippen molar-refractivity contribution in [2.45, 2.75) is 52.5 Å². The molecule has 1 aliphatic rings. The topological polar surface area (TPSA) is 52.3 Å². The molecule has 0 spiro atoms. The van der Waals surface area contributed by atoms with Crippen LogP contribution < -0.4 is 10.5 Å². The summed E-state index contributed by atoms with van der Waals surface area (Å²) in [6, 6.07) is 3.98. The standard InChI is InChI=1S/C17H24BrNO2/c1-17(2,3)10-14(19)9-15(20)8-12-7-13(18)6-11-4-5-21-16(11)12/h6-7,14H,4-5,8-10,19H2,1-3H3. The quantitative estimate of drug-likeness (QED) is 0.878. The minimum atomic E-state index is -0.0707. The second-order valence-electron chi connectivity index (χ2n) is 7.10. The molecule has 0 radical (unpaired) electrons. The third kappa shape index (κ3) is 4.82. The van der Waals surface area contributed by atoms with E-state index in [2.05, 4.69) is 42.8 Å². The number of hydrogen-bond acceptors (Lipinski definition) is 3. The minimum Gasteiger partial charge on any atom is -0.493 e. The van der Waals surface area contributed by atoms with Gasteiger partial charge in [0.25, 0.3) is 0 Å². The van der Waals surface area contributed by atoms with Gasteiger partial charge in [0, 0.05) is 35.3 Å². The van der Waals surface area contributed by atoms with E-state index < -0.39 is 0 Å². The molecule has 0 aliphatic carbocycles. The first kappa shape index (κ1) is 16.5. The lowest BCUT2D eigenvalue weighted by Gasteiger charge is -2.22. The Balaban J connectivity index is 2.01. The lowest BCUT2D eigenvalue weighted by Crippen LogP contribution is -2.29. The van der Waals surface area contributed by atoms with Crippen LogP contribution in [0.15, 0.2) is 16.6 Å². The summed E-state index contributed by atoms with van der Waals surface area (Å²) in [6.07, 6.45) is 2.60. The molecule has 2 N–H and O–H groups in total. The van der Waals surface area contributed by atoms with Crippen molar-refractivity contribution in [1.29, 1.82) is 0 Å². The second-order valence-corrected chi connectivity index (χ2v) is 8.01. The molecule has 1 aliphatic heterocycles. The highest BCUT2D eigenvalue weighted by atomic mass is 79.9. The smallest absolute Gasteiger partial charge is 0.138 e. The Labute approximate surface area is 135 Å². The number of benzene rings is 1. The number of halogens is 1. The third-order valence-electron chi connectivity index (χ3n) is 3.58. The fourth-order valence-corrected chi connectivity index (χ4v) is 3.47. The summed E-state index contributed by atoms with van der Waals surface area (Å²) < 4.78 is 6.67. The number of nitrogens with two attached hydrogens (primary N) is 1. The van der Waals surface area contributed by atoms with Gasteiger partial charge in [-0.2, -0.15) is 0 Å². The monoisotopic (exact) mass is 353 g/mol. The Bertz CT molecular complexity index is 534. The maximum absolute atomic E-state index is 12.3. The van der Waals surface area contributed by atoms with Crippen LogP contribution in [0.4, 0.5) is 0 Å². The first-order chi connectivity index (χ1) is 9.74. The Morgan fingerprint density at radius 1 is 1.43 bits per heavy atom. The molecular weight excluding hydrogens is 330 g/mol. The maximum atomic E-state index is 12.3. The molecule has 1 heterocycles. The van der Waals surface area contributed by atoms with Crippen molar-refractivity contribution in [2.24, 2.45) is 11.1 Å². The molecule has 0 bridgehead atoms. The van der Waals surface area contributed by atoms with Gasteiger partial charge in [-0.25, -0.2) is 0 Å². The lowest BCUT2D eigenvalue weighted by molar-refractivity contribution is -0.118. The summed E-state index contributed by atoms with van der Waals surface area (Å²) in [5, 5.41) is 0. The number of carbonyl (C=O) groups excluding carboxylic acids is 1. The van der Waals surface area contributed by atoms with Gasteiger partial charge in [0.05, 0.1) is 6.61 Å². The fraction of sp³-hybridized carbons (Fsp3) is 0.588. The number of carbonyl (C=O) groups is 1. The van der Waals surface area contributed by atoms with Gasteiger partial charge in [0.15, 0.2) is 0 Å². The molecule has 0 saturated carbocycles. The molecule has 3 nitrogen and oxygen atoms in total. The van der Waals surface area contributed by atoms with E-state index in [1.54, 1.807) is 0 Å². The van der Waals surface area contributed by atoms with Crippen molar-refractivity contribution < 1.29 is 9.53 Å². The summed E-state index contributed by atoms with van der Waals surface area (Å²) in [4.78, 5) is 12.3. The molecule has 1 atom stereocenters. The van der Waals surface area contributed by atoms with E-state index >= 15 is 0 Å². The summed E-state index contributed by atoms with van der Waals surface area (Å²) in [5.74, 6) is 1.08. The highest BCUT2D eigenvalue weighted by molar-refractivity contribution is 9.10. The Kier molecular flexibility index (Phi) is 5.10. The van der Waals surface area contributed by atoms with Crippen molar-refractivity contribution in [1.82, 2.24) is 0 Å². The first-order valence-electron chi connectivity index (χ1n) is 7.46. The van der Waals surface area contributed by atoms with Crippen molar-refractivity contribution in [3.63, 3.8) is 0 Å². The van der Waals surface area contributed by atoms with E-state index in [0.717, 1.165) is 28.6 Å². The lowest BCUT2D eigenvalue weighted by atomic mass is 9.86. The Hall–Kier alpha value is -0.870. The number of ketones is 1. The highest BCUT2D eigenvalue weighted by Crippen LogP contribution is 2.33. The predicted molar refractivity (Wildman–Crippen MR) is 88.7 cm³/mol. The van der Waals surface area contributed by atoms with Gasteiger partial charge >= 0.3 is 0 Å². The van der Waals surface area contributed by atoms with Gasteiger partial charge < -0.3 is 10.5 Å². The zero-order valence-electron chi connectivity index (χ0n) is 13.0. The van der Waals surface area contributed by atoms with Crippen LogP contribution in [0, 0.1) is 5.41 Å². The molecule has 1 aromatic carbocycles. The average Bonchev–Trinajstić information content (AvgIpc) is 2.73. The van der Waals surface area contributed by atoms with Gasteiger partial charge in [-0.15, -0.1) is 0 Å². The Morgan fingerprint density at radius 2 is 2.14 bits per heavy atom. The average molecular weight is 354 g/mol. The van der Waals surface area contributed by atoms with Gasteiger partial charge in [-0.1, -0.05) is 36.7 Å². The van der Waals surface area contributed by atoms with Crippen LogP contribution in [0.3, 0.4) is 0 Å². The summed E-state index contributed by atoms with van der Waals surface area (Å²) >= 11 is 3.50. The molecule has 0 amide bonds. The van der Waals surface area contributed by atoms with Crippen LogP contribution in [0.5, 0.6) is 5.75 Å². The van der Waals surface area contributed by atoms with Crippen molar-refractivity contribution in [3.8, 4) is 5.75 Å². The van der Waals surface area contributed by atoms with Crippen molar-refractivity contribution in [2.75, 3.05) is 6.61 Å². The number of fused-ring (bicyclic) bond motifs is 1. The summed E-state index contributed by atoms with van der Waals surface area (Å²) in [6.45, 7) is 7.14. The van der Waals surface area contributed by atoms with E-state index in [9.17, 15) is 4.79 Å². The van der Waals surface area contributed by atoms with Crippen molar-refractivity contribution >= 4 is 21.7 Å². The number of rotatable bonds is 5. The van der Waals surface area contributed by atoms with E-state index in [1.807, 2.05) is 6.07 Å². The molecule has 116 valence electrons. The van der Waals surface area contributed by atoms with E-state index in [-0.39, 0.29) is 17.2 Å². The third-order valence-corrected chi connectivity index (χ3v) is 4.04. The number of Topliss-reactive ketones (excluding diaryl/α,β-unsaturated/α-hetero) is 1. The second kappa shape index (κ2) is 6.49. The van der Waals surface area contributed by atoms with Gasteiger partial charge in [-0.05, 0) is 29.5 Å². The van der Waals surface area contributed by atoms with E-state index in [0.29, 0.717) is 19.4 Å². The molecule has 0 fully saturated rings. The van der Waals surface area contributed by atoms with Crippen LogP contribution in [-0.2, 0) is 17.6 Å². The minimum absolute atomic E-state index is 0.0707. The van der Waals surface area contributed by atoms with Crippen molar-refractivity contribution in [3.05, 3.63) is 27.7 Å². The Morgan fingerprint density at radius 3 is 2.81 bits per heavy atom. The van der Waals surface area contributed by atoms with Crippen LogP contribution in [0.2, 0.25) is 0 Å². The molecular formula is C17H24BrNO2. The van der Waals surface area contributed by atoms with Gasteiger partial charge in [0.2, 0.25) is 0 Å². The first-order valence-corrected chi connectivity index (χ1v) is 8.25. The zero-order chi connectivity index (χ0) is 15.6. The summed E-state index contributed by atoms with van der Waals surface area (Å²) in [5.41, 5.74) is 8.41. The largest absolute Gasteiger partial charge is 0.493 e. The van der Waals surface area contributed by atoms with E-state index in [1.165, 1.54) is 5.56 Å². The molecule has 21 heavy (non-hydrogen) atoms. The van der Waals surface area contributed by atoms with Gasteiger partial charge in [0.1, 0.15) is 11.5 Å². The summed E-state index contributed by atoms with van der Waals surface area (Å²) in [7, 11) is 0. The zero-order valence-corrected chi connectivity index (χ0v) is 14.6. The number of ether oxygens (including phenoxy) is 1. The molecule has 2 rings (SSSR count). The molecule has 4 heteroatoms. The molecule has 0 aromatic heterocycles. The molecule has 1 aromatic rings. The predicted octanol–water partition coefficient (Wildman–Crippen LogP) is 3.65. The van der Waals surface area contributed by atoms with Crippen LogP contribution in [-0.4, -0.2) is 18.4 Å². The SMILES string of the molecule is CC(C)(C)CC(N)CC(=O)Cc1cc(Br)cc2c1OCC2. The van der Waals surface area contributed by atoms with Crippen LogP contribution in [0.25, 0.3) is 0 Å². The molecule has 1 unspecified atom stereocenters.